The minimum Gasteiger partial charge on any atom is -0.317 e. The number of hydrogen-bond donors (Lipinski definition) is 1. The third-order valence-electron chi connectivity index (χ3n) is 4.12. The first-order valence-electron chi connectivity index (χ1n) is 6.51. The van der Waals surface area contributed by atoms with Gasteiger partial charge in [-0.2, -0.15) is 11.3 Å². The summed E-state index contributed by atoms with van der Waals surface area (Å²) in [4.78, 5) is 0. The molecule has 1 aliphatic rings. The van der Waals surface area contributed by atoms with Crippen LogP contribution in [0.25, 0.3) is 0 Å². The summed E-state index contributed by atoms with van der Waals surface area (Å²) in [6, 6.07) is 3.02. The zero-order chi connectivity index (χ0) is 11.4. The van der Waals surface area contributed by atoms with E-state index in [4.69, 9.17) is 0 Å². The average molecular weight is 237 g/mol. The van der Waals surface area contributed by atoms with E-state index in [1.54, 1.807) is 0 Å². The molecule has 3 unspecified atom stereocenters. The highest BCUT2D eigenvalue weighted by Gasteiger charge is 2.28. The molecule has 1 fully saturated rings. The Kier molecular flexibility index (Phi) is 4.42. The van der Waals surface area contributed by atoms with E-state index in [1.165, 1.54) is 37.7 Å². The second-order valence-corrected chi connectivity index (χ2v) is 5.86. The number of rotatable bonds is 4. The molecule has 16 heavy (non-hydrogen) atoms. The van der Waals surface area contributed by atoms with Crippen LogP contribution in [0.3, 0.4) is 0 Å². The van der Waals surface area contributed by atoms with Gasteiger partial charge in [-0.15, -0.1) is 0 Å². The van der Waals surface area contributed by atoms with Gasteiger partial charge in [-0.05, 0) is 67.0 Å². The molecule has 0 aliphatic heterocycles. The minimum absolute atomic E-state index is 0.739. The maximum absolute atomic E-state index is 3.51. The van der Waals surface area contributed by atoms with Gasteiger partial charge in [0.25, 0.3) is 0 Å². The molecule has 1 nitrogen and oxygen atoms in total. The summed E-state index contributed by atoms with van der Waals surface area (Å²) in [5.74, 6) is 1.81. The molecule has 90 valence electrons. The lowest BCUT2D eigenvalue weighted by molar-refractivity contribution is 0.205. The average Bonchev–Trinajstić information content (AvgIpc) is 2.82. The molecule has 1 saturated carbocycles. The molecule has 0 amide bonds. The SMILES string of the molecule is CCC1CCC(NC)C(Cc2ccsc2)C1. The van der Waals surface area contributed by atoms with E-state index in [9.17, 15) is 0 Å². The Labute approximate surface area is 103 Å². The van der Waals surface area contributed by atoms with E-state index in [-0.39, 0.29) is 0 Å². The summed E-state index contributed by atoms with van der Waals surface area (Å²) in [5, 5.41) is 8.02. The van der Waals surface area contributed by atoms with Crippen LogP contribution >= 0.6 is 11.3 Å². The predicted octanol–water partition coefficient (Wildman–Crippen LogP) is 3.70. The van der Waals surface area contributed by atoms with Crippen molar-refractivity contribution in [3.05, 3.63) is 22.4 Å². The van der Waals surface area contributed by atoms with Gasteiger partial charge in [0.1, 0.15) is 0 Å². The van der Waals surface area contributed by atoms with Gasteiger partial charge in [0.2, 0.25) is 0 Å². The maximum atomic E-state index is 3.51. The molecule has 1 aromatic heterocycles. The highest BCUT2D eigenvalue weighted by Crippen LogP contribution is 2.33. The Hall–Kier alpha value is -0.340. The lowest BCUT2D eigenvalue weighted by atomic mass is 9.75. The predicted molar refractivity (Wildman–Crippen MR) is 72.0 cm³/mol. The standard InChI is InChI=1S/C14H23NS/c1-3-11-4-5-14(15-2)13(8-11)9-12-6-7-16-10-12/h6-7,10-11,13-15H,3-5,8-9H2,1-2H3. The zero-order valence-corrected chi connectivity index (χ0v) is 11.2. The van der Waals surface area contributed by atoms with Crippen molar-refractivity contribution in [1.82, 2.24) is 5.32 Å². The first-order chi connectivity index (χ1) is 7.83. The number of nitrogens with one attached hydrogen (secondary N) is 1. The van der Waals surface area contributed by atoms with Crippen LogP contribution in [-0.2, 0) is 6.42 Å². The van der Waals surface area contributed by atoms with Crippen molar-refractivity contribution < 1.29 is 0 Å². The van der Waals surface area contributed by atoms with E-state index < -0.39 is 0 Å². The topological polar surface area (TPSA) is 12.0 Å². The minimum atomic E-state index is 0.739. The summed E-state index contributed by atoms with van der Waals surface area (Å²) >= 11 is 1.82. The van der Waals surface area contributed by atoms with E-state index in [2.05, 4.69) is 36.1 Å². The smallest absolute Gasteiger partial charge is 0.00957 e. The van der Waals surface area contributed by atoms with Crippen LogP contribution in [0.15, 0.2) is 16.8 Å². The van der Waals surface area contributed by atoms with Crippen LogP contribution in [0.4, 0.5) is 0 Å². The third kappa shape index (κ3) is 2.86. The lowest BCUT2D eigenvalue weighted by Crippen LogP contribution is -2.39. The summed E-state index contributed by atoms with van der Waals surface area (Å²) in [6.45, 7) is 2.34. The highest BCUT2D eigenvalue weighted by atomic mass is 32.1. The molecule has 1 N–H and O–H groups in total. The van der Waals surface area contributed by atoms with Gasteiger partial charge in [-0.3, -0.25) is 0 Å². The van der Waals surface area contributed by atoms with Gasteiger partial charge in [-0.25, -0.2) is 0 Å². The summed E-state index contributed by atoms with van der Waals surface area (Å²) in [5.41, 5.74) is 1.53. The number of thiophene rings is 1. The summed E-state index contributed by atoms with van der Waals surface area (Å²) < 4.78 is 0. The number of hydrogen-bond acceptors (Lipinski definition) is 2. The fourth-order valence-corrected chi connectivity index (χ4v) is 3.73. The fraction of sp³-hybridized carbons (Fsp3) is 0.714. The van der Waals surface area contributed by atoms with Crippen LogP contribution < -0.4 is 5.32 Å². The van der Waals surface area contributed by atoms with E-state index in [0.29, 0.717) is 0 Å². The summed E-state index contributed by atoms with van der Waals surface area (Å²) in [6.07, 6.45) is 6.83. The van der Waals surface area contributed by atoms with Crippen molar-refractivity contribution in [1.29, 1.82) is 0 Å². The molecule has 3 atom stereocenters. The molecule has 1 aliphatic carbocycles. The van der Waals surface area contributed by atoms with Crippen LogP contribution in [0, 0.1) is 11.8 Å². The molecular formula is C14H23NS. The second-order valence-electron chi connectivity index (χ2n) is 5.08. The fourth-order valence-electron chi connectivity index (χ4n) is 3.05. The lowest BCUT2D eigenvalue weighted by Gasteiger charge is -2.35. The summed E-state index contributed by atoms with van der Waals surface area (Å²) in [7, 11) is 2.12. The van der Waals surface area contributed by atoms with Crippen molar-refractivity contribution in [2.24, 2.45) is 11.8 Å². The van der Waals surface area contributed by atoms with Crippen LogP contribution in [0.5, 0.6) is 0 Å². The van der Waals surface area contributed by atoms with Gasteiger partial charge < -0.3 is 5.32 Å². The molecule has 0 radical (unpaired) electrons. The molecule has 2 heteroatoms. The Morgan fingerprint density at radius 3 is 2.94 bits per heavy atom. The molecule has 0 aromatic carbocycles. The van der Waals surface area contributed by atoms with Gasteiger partial charge in [0, 0.05) is 6.04 Å². The van der Waals surface area contributed by atoms with Crippen molar-refractivity contribution >= 4 is 11.3 Å². The Morgan fingerprint density at radius 2 is 2.31 bits per heavy atom. The largest absolute Gasteiger partial charge is 0.317 e. The third-order valence-corrected chi connectivity index (χ3v) is 4.85. The van der Waals surface area contributed by atoms with Crippen molar-refractivity contribution in [2.75, 3.05) is 7.05 Å². The molecule has 1 aromatic rings. The molecule has 0 bridgehead atoms. The maximum Gasteiger partial charge on any atom is 0.00957 e. The normalized spacial score (nSPS) is 30.5. The molecule has 2 rings (SSSR count). The monoisotopic (exact) mass is 237 g/mol. The molecule has 1 heterocycles. The Balaban J connectivity index is 1.97. The zero-order valence-electron chi connectivity index (χ0n) is 10.4. The first kappa shape index (κ1) is 12.1. The van der Waals surface area contributed by atoms with Gasteiger partial charge >= 0.3 is 0 Å². The van der Waals surface area contributed by atoms with Gasteiger partial charge in [0.05, 0.1) is 0 Å². The van der Waals surface area contributed by atoms with E-state index in [1.807, 2.05) is 11.3 Å². The van der Waals surface area contributed by atoms with Crippen LogP contribution in [0.1, 0.15) is 38.2 Å². The first-order valence-corrected chi connectivity index (χ1v) is 7.46. The van der Waals surface area contributed by atoms with Gasteiger partial charge in [-0.1, -0.05) is 13.3 Å². The van der Waals surface area contributed by atoms with E-state index >= 15 is 0 Å². The van der Waals surface area contributed by atoms with Crippen molar-refractivity contribution in [3.63, 3.8) is 0 Å². The second kappa shape index (κ2) is 5.83. The van der Waals surface area contributed by atoms with Crippen LogP contribution in [0.2, 0.25) is 0 Å². The van der Waals surface area contributed by atoms with E-state index in [0.717, 1.165) is 17.9 Å². The molecule has 0 spiro atoms. The van der Waals surface area contributed by atoms with Crippen molar-refractivity contribution in [3.8, 4) is 0 Å². The molecular weight excluding hydrogens is 214 g/mol. The van der Waals surface area contributed by atoms with Crippen LogP contribution in [-0.4, -0.2) is 13.1 Å². The Morgan fingerprint density at radius 1 is 1.44 bits per heavy atom. The van der Waals surface area contributed by atoms with Gasteiger partial charge in [0.15, 0.2) is 0 Å². The highest BCUT2D eigenvalue weighted by molar-refractivity contribution is 7.07. The quantitative estimate of drug-likeness (QED) is 0.842. The molecule has 0 saturated heterocycles. The van der Waals surface area contributed by atoms with Crippen molar-refractivity contribution in [2.45, 2.75) is 45.1 Å². The Bertz CT molecular complexity index is 294.